The number of nitrogens with zero attached hydrogens (tertiary/aromatic N) is 4. The Morgan fingerprint density at radius 1 is 1.26 bits per heavy atom. The van der Waals surface area contributed by atoms with Gasteiger partial charge in [0, 0.05) is 37.5 Å². The number of hydrogen-bond acceptors (Lipinski definition) is 6. The van der Waals surface area contributed by atoms with Gasteiger partial charge in [0.25, 0.3) is 5.91 Å². The number of hydrogen-bond donors (Lipinski definition) is 0. The van der Waals surface area contributed by atoms with Crippen molar-refractivity contribution in [1.29, 1.82) is 0 Å². The lowest BCUT2D eigenvalue weighted by Crippen LogP contribution is -2.26. The van der Waals surface area contributed by atoms with Crippen molar-refractivity contribution in [3.63, 3.8) is 0 Å². The molecule has 3 aromatic rings. The molecule has 1 amide bonds. The average Bonchev–Trinajstić information content (AvgIpc) is 3.31. The quantitative estimate of drug-likeness (QED) is 0.395. The Morgan fingerprint density at radius 3 is 2.65 bits per heavy atom. The topological polar surface area (TPSA) is 104 Å². The Balaban J connectivity index is 1.67. The smallest absolute Gasteiger partial charge is 0.311 e. The Bertz CT molecular complexity index is 1120. The lowest BCUT2D eigenvalue weighted by Gasteiger charge is -2.16. The van der Waals surface area contributed by atoms with Gasteiger partial charge in [0.05, 0.1) is 10.6 Å². The second-order valence-electron chi connectivity index (χ2n) is 7.41. The first-order chi connectivity index (χ1) is 14.7. The van der Waals surface area contributed by atoms with E-state index in [1.165, 1.54) is 6.07 Å². The van der Waals surface area contributed by atoms with Crippen LogP contribution in [0.15, 0.2) is 34.7 Å². The van der Waals surface area contributed by atoms with Crippen LogP contribution < -0.4 is 4.74 Å². The van der Waals surface area contributed by atoms with E-state index in [1.807, 2.05) is 25.5 Å². The molecule has 0 fully saturated rings. The number of furan rings is 1. The number of ether oxygens (including phenoxy) is 1. The van der Waals surface area contributed by atoms with E-state index >= 15 is 0 Å². The van der Waals surface area contributed by atoms with Crippen molar-refractivity contribution < 1.29 is 18.9 Å². The van der Waals surface area contributed by atoms with E-state index in [1.54, 1.807) is 43.1 Å². The highest BCUT2D eigenvalue weighted by Gasteiger charge is 2.21. The van der Waals surface area contributed by atoms with Crippen LogP contribution in [0.25, 0.3) is 0 Å². The van der Waals surface area contributed by atoms with Crippen LogP contribution in [0, 0.1) is 30.9 Å². The highest BCUT2D eigenvalue weighted by Crippen LogP contribution is 2.28. The molecular formula is C22H26N4O5. The van der Waals surface area contributed by atoms with Crippen LogP contribution in [-0.4, -0.2) is 32.6 Å². The van der Waals surface area contributed by atoms with Gasteiger partial charge in [-0.3, -0.25) is 19.6 Å². The van der Waals surface area contributed by atoms with Crippen molar-refractivity contribution in [2.24, 2.45) is 0 Å². The zero-order valence-corrected chi connectivity index (χ0v) is 18.3. The van der Waals surface area contributed by atoms with Crippen LogP contribution in [0.1, 0.15) is 45.8 Å². The molecule has 0 unspecified atom stereocenters. The first kappa shape index (κ1) is 22.1. The molecule has 0 aliphatic rings. The van der Waals surface area contributed by atoms with E-state index in [0.29, 0.717) is 12.3 Å². The third kappa shape index (κ3) is 4.76. The standard InChI is InChI=1S/C22H26N4O5/c1-6-25-16(4)18(15(3)23-25)12-24(5)22(27)21-10-8-17(31-21)13-30-20-9-7-14(2)11-19(20)26(28)29/h7-11H,6,12-13H2,1-5H3. The summed E-state index contributed by atoms with van der Waals surface area (Å²) in [4.78, 5) is 25.1. The maximum absolute atomic E-state index is 12.8. The molecule has 9 nitrogen and oxygen atoms in total. The number of aromatic nitrogens is 2. The lowest BCUT2D eigenvalue weighted by atomic mass is 10.2. The molecule has 0 saturated heterocycles. The molecule has 3 rings (SSSR count). The Kier molecular flexibility index (Phi) is 6.43. The summed E-state index contributed by atoms with van der Waals surface area (Å²) >= 11 is 0. The van der Waals surface area contributed by atoms with Crippen LogP contribution in [0.3, 0.4) is 0 Å². The molecular weight excluding hydrogens is 400 g/mol. The molecule has 0 aliphatic heterocycles. The molecule has 0 bridgehead atoms. The van der Waals surface area contributed by atoms with Gasteiger partial charge in [0.1, 0.15) is 12.4 Å². The van der Waals surface area contributed by atoms with Gasteiger partial charge in [-0.1, -0.05) is 6.07 Å². The minimum Gasteiger partial charge on any atom is -0.479 e. The van der Waals surface area contributed by atoms with Gasteiger partial charge in [-0.05, 0) is 51.5 Å². The van der Waals surface area contributed by atoms with Gasteiger partial charge in [0.15, 0.2) is 11.5 Å². The Morgan fingerprint density at radius 2 is 2.00 bits per heavy atom. The predicted octanol–water partition coefficient (Wildman–Crippen LogP) is 4.18. The molecule has 9 heteroatoms. The minimum atomic E-state index is -0.487. The van der Waals surface area contributed by atoms with Crippen molar-refractivity contribution in [3.05, 3.63) is 74.5 Å². The van der Waals surface area contributed by atoms with E-state index in [0.717, 1.165) is 29.1 Å². The fourth-order valence-corrected chi connectivity index (χ4v) is 3.38. The molecule has 2 aromatic heterocycles. The summed E-state index contributed by atoms with van der Waals surface area (Å²) in [6.07, 6.45) is 0. The minimum absolute atomic E-state index is 0.0254. The summed E-state index contributed by atoms with van der Waals surface area (Å²) < 4.78 is 13.1. The molecule has 31 heavy (non-hydrogen) atoms. The summed E-state index contributed by atoms with van der Waals surface area (Å²) in [6, 6.07) is 7.95. The largest absolute Gasteiger partial charge is 0.479 e. The van der Waals surface area contributed by atoms with Crippen LogP contribution in [0.4, 0.5) is 5.69 Å². The van der Waals surface area contributed by atoms with E-state index in [-0.39, 0.29) is 29.7 Å². The van der Waals surface area contributed by atoms with Crippen molar-refractivity contribution in [2.45, 2.75) is 47.4 Å². The summed E-state index contributed by atoms with van der Waals surface area (Å²) in [5.74, 6) is 0.460. The second-order valence-corrected chi connectivity index (χ2v) is 7.41. The van der Waals surface area contributed by atoms with Gasteiger partial charge in [-0.2, -0.15) is 5.10 Å². The van der Waals surface area contributed by atoms with Crippen LogP contribution in [0.2, 0.25) is 0 Å². The molecule has 0 saturated carbocycles. The fourth-order valence-electron chi connectivity index (χ4n) is 3.38. The van der Waals surface area contributed by atoms with E-state index in [4.69, 9.17) is 9.15 Å². The van der Waals surface area contributed by atoms with Crippen LogP contribution in [0.5, 0.6) is 5.75 Å². The number of carbonyl (C=O) groups excluding carboxylic acids is 1. The molecule has 164 valence electrons. The average molecular weight is 426 g/mol. The number of aryl methyl sites for hydroxylation is 3. The highest BCUT2D eigenvalue weighted by atomic mass is 16.6. The summed E-state index contributed by atoms with van der Waals surface area (Å²) in [7, 11) is 1.71. The van der Waals surface area contributed by atoms with Crippen molar-refractivity contribution in [3.8, 4) is 5.75 Å². The third-order valence-electron chi connectivity index (χ3n) is 5.13. The molecule has 0 N–H and O–H groups in total. The molecule has 2 heterocycles. The van der Waals surface area contributed by atoms with Crippen molar-refractivity contribution >= 4 is 11.6 Å². The number of carbonyl (C=O) groups is 1. The van der Waals surface area contributed by atoms with Gasteiger partial charge in [0.2, 0.25) is 0 Å². The van der Waals surface area contributed by atoms with Gasteiger partial charge in [-0.15, -0.1) is 0 Å². The number of amides is 1. The van der Waals surface area contributed by atoms with Crippen molar-refractivity contribution in [1.82, 2.24) is 14.7 Å². The third-order valence-corrected chi connectivity index (χ3v) is 5.13. The molecule has 0 spiro atoms. The van der Waals surface area contributed by atoms with E-state index in [2.05, 4.69) is 5.10 Å². The van der Waals surface area contributed by atoms with E-state index in [9.17, 15) is 14.9 Å². The van der Waals surface area contributed by atoms with Crippen LogP contribution in [-0.2, 0) is 19.7 Å². The second kappa shape index (κ2) is 9.03. The lowest BCUT2D eigenvalue weighted by molar-refractivity contribution is -0.386. The number of nitro benzene ring substituents is 1. The zero-order valence-electron chi connectivity index (χ0n) is 18.3. The molecule has 0 radical (unpaired) electrons. The predicted molar refractivity (Wildman–Crippen MR) is 114 cm³/mol. The molecule has 0 atom stereocenters. The number of rotatable bonds is 8. The monoisotopic (exact) mass is 426 g/mol. The van der Waals surface area contributed by atoms with Crippen molar-refractivity contribution in [2.75, 3.05) is 7.05 Å². The maximum atomic E-state index is 12.8. The Hall–Kier alpha value is -3.62. The van der Waals surface area contributed by atoms with Crippen LogP contribution >= 0.6 is 0 Å². The summed E-state index contributed by atoms with van der Waals surface area (Å²) in [5.41, 5.74) is 3.60. The summed E-state index contributed by atoms with van der Waals surface area (Å²) in [6.45, 7) is 8.87. The summed E-state index contributed by atoms with van der Waals surface area (Å²) in [5, 5.41) is 15.7. The maximum Gasteiger partial charge on any atom is 0.311 e. The fraction of sp³-hybridized carbons (Fsp3) is 0.364. The number of benzene rings is 1. The molecule has 1 aromatic carbocycles. The Labute approximate surface area is 180 Å². The molecule has 0 aliphatic carbocycles. The first-order valence-electron chi connectivity index (χ1n) is 9.96. The first-order valence-corrected chi connectivity index (χ1v) is 9.96. The number of nitro groups is 1. The normalized spacial score (nSPS) is 10.9. The highest BCUT2D eigenvalue weighted by molar-refractivity contribution is 5.91. The van der Waals surface area contributed by atoms with Gasteiger partial charge in [-0.25, -0.2) is 0 Å². The SMILES string of the molecule is CCn1nc(C)c(CN(C)C(=O)c2ccc(COc3ccc(C)cc3[N+](=O)[O-])o2)c1C. The van der Waals surface area contributed by atoms with E-state index < -0.39 is 4.92 Å². The van der Waals surface area contributed by atoms with Gasteiger partial charge < -0.3 is 14.1 Å². The zero-order chi connectivity index (χ0) is 22.7. The van der Waals surface area contributed by atoms with Gasteiger partial charge >= 0.3 is 5.69 Å².